The van der Waals surface area contributed by atoms with E-state index in [1.54, 1.807) is 0 Å². The Kier molecular flexibility index (Phi) is 4.69. The SMILES string of the molecule is NCCC1CCCN(c2ncc([N+](=O)[O-])cc2C(N)=O)C1. The highest BCUT2D eigenvalue weighted by Crippen LogP contribution is 2.27. The number of primary amides is 1. The van der Waals surface area contributed by atoms with E-state index in [1.165, 1.54) is 6.07 Å². The molecule has 4 N–H and O–H groups in total. The Morgan fingerprint density at radius 2 is 2.33 bits per heavy atom. The van der Waals surface area contributed by atoms with Crippen molar-refractivity contribution in [2.45, 2.75) is 19.3 Å². The number of pyridine rings is 1. The van der Waals surface area contributed by atoms with Crippen molar-refractivity contribution in [3.63, 3.8) is 0 Å². The molecule has 2 heterocycles. The van der Waals surface area contributed by atoms with Gasteiger partial charge in [0.1, 0.15) is 12.0 Å². The van der Waals surface area contributed by atoms with Crippen molar-refractivity contribution in [1.82, 2.24) is 4.98 Å². The van der Waals surface area contributed by atoms with Crippen molar-refractivity contribution in [3.05, 3.63) is 27.9 Å². The molecule has 0 spiro atoms. The summed E-state index contributed by atoms with van der Waals surface area (Å²) in [6, 6.07) is 1.19. The lowest BCUT2D eigenvalue weighted by atomic mass is 9.94. The second kappa shape index (κ2) is 6.49. The maximum atomic E-state index is 11.6. The first-order valence-corrected chi connectivity index (χ1v) is 6.92. The Morgan fingerprint density at radius 1 is 1.57 bits per heavy atom. The summed E-state index contributed by atoms with van der Waals surface area (Å²) >= 11 is 0. The topological polar surface area (TPSA) is 128 Å². The summed E-state index contributed by atoms with van der Waals surface area (Å²) < 4.78 is 0. The molecule has 8 nitrogen and oxygen atoms in total. The van der Waals surface area contributed by atoms with Crippen LogP contribution in [-0.4, -0.2) is 35.4 Å². The lowest BCUT2D eigenvalue weighted by Crippen LogP contribution is -2.38. The zero-order valence-corrected chi connectivity index (χ0v) is 11.7. The third kappa shape index (κ3) is 3.46. The van der Waals surface area contributed by atoms with E-state index in [1.807, 2.05) is 4.90 Å². The number of carbonyl (C=O) groups is 1. The summed E-state index contributed by atoms with van der Waals surface area (Å²) in [6.45, 7) is 2.11. The number of anilines is 1. The lowest BCUT2D eigenvalue weighted by molar-refractivity contribution is -0.385. The summed E-state index contributed by atoms with van der Waals surface area (Å²) in [5.74, 6) is 0.165. The molecule has 0 aliphatic carbocycles. The largest absolute Gasteiger partial charge is 0.365 e. The molecule has 21 heavy (non-hydrogen) atoms. The highest BCUT2D eigenvalue weighted by molar-refractivity contribution is 5.98. The second-order valence-electron chi connectivity index (χ2n) is 5.22. The van der Waals surface area contributed by atoms with Gasteiger partial charge in [-0.15, -0.1) is 0 Å². The second-order valence-corrected chi connectivity index (χ2v) is 5.22. The molecule has 0 aromatic carbocycles. The van der Waals surface area contributed by atoms with Gasteiger partial charge in [0.2, 0.25) is 0 Å². The molecule has 0 radical (unpaired) electrons. The normalized spacial score (nSPS) is 18.5. The molecule has 0 bridgehead atoms. The van der Waals surface area contributed by atoms with E-state index in [2.05, 4.69) is 4.98 Å². The Hall–Kier alpha value is -2.22. The number of hydrogen-bond acceptors (Lipinski definition) is 6. The zero-order valence-electron chi connectivity index (χ0n) is 11.7. The van der Waals surface area contributed by atoms with Gasteiger partial charge in [-0.1, -0.05) is 0 Å². The Bertz CT molecular complexity index is 547. The van der Waals surface area contributed by atoms with Gasteiger partial charge >= 0.3 is 0 Å². The van der Waals surface area contributed by atoms with E-state index in [4.69, 9.17) is 11.5 Å². The number of nitrogens with two attached hydrogens (primary N) is 2. The van der Waals surface area contributed by atoms with Gasteiger partial charge in [-0.3, -0.25) is 14.9 Å². The summed E-state index contributed by atoms with van der Waals surface area (Å²) in [4.78, 5) is 27.8. The molecule has 1 amide bonds. The third-order valence-corrected chi connectivity index (χ3v) is 3.72. The lowest BCUT2D eigenvalue weighted by Gasteiger charge is -2.34. The smallest absolute Gasteiger partial charge is 0.288 e. The van der Waals surface area contributed by atoms with E-state index in [-0.39, 0.29) is 11.3 Å². The van der Waals surface area contributed by atoms with Gasteiger partial charge in [0.15, 0.2) is 0 Å². The zero-order chi connectivity index (χ0) is 15.4. The van der Waals surface area contributed by atoms with Gasteiger partial charge in [-0.25, -0.2) is 4.98 Å². The third-order valence-electron chi connectivity index (χ3n) is 3.72. The van der Waals surface area contributed by atoms with Crippen LogP contribution in [0.1, 0.15) is 29.6 Å². The Balaban J connectivity index is 2.29. The molecule has 114 valence electrons. The highest BCUT2D eigenvalue weighted by atomic mass is 16.6. The molecule has 1 unspecified atom stereocenters. The van der Waals surface area contributed by atoms with Gasteiger partial charge in [-0.05, 0) is 31.7 Å². The predicted octanol–water partition coefficient (Wildman–Crippen LogP) is 0.654. The average molecular weight is 293 g/mol. The molecule has 1 aromatic rings. The number of rotatable bonds is 5. The molecule has 2 rings (SSSR count). The van der Waals surface area contributed by atoms with Crippen LogP contribution in [-0.2, 0) is 0 Å². The minimum Gasteiger partial charge on any atom is -0.365 e. The number of nitro groups is 1. The van der Waals surface area contributed by atoms with Crippen LogP contribution in [0.4, 0.5) is 11.5 Å². The van der Waals surface area contributed by atoms with Crippen LogP contribution in [0.3, 0.4) is 0 Å². The molecular weight excluding hydrogens is 274 g/mol. The van der Waals surface area contributed by atoms with Crippen LogP contribution in [0.25, 0.3) is 0 Å². The van der Waals surface area contributed by atoms with E-state index in [0.29, 0.717) is 18.3 Å². The summed E-state index contributed by atoms with van der Waals surface area (Å²) in [5, 5.41) is 10.8. The fourth-order valence-electron chi connectivity index (χ4n) is 2.71. The number of hydrogen-bond donors (Lipinski definition) is 2. The quantitative estimate of drug-likeness (QED) is 0.606. The van der Waals surface area contributed by atoms with E-state index < -0.39 is 10.8 Å². The Labute approximate surface area is 122 Å². The molecule has 1 aliphatic rings. The first-order chi connectivity index (χ1) is 10.0. The van der Waals surface area contributed by atoms with Crippen molar-refractivity contribution in [2.75, 3.05) is 24.5 Å². The van der Waals surface area contributed by atoms with Gasteiger partial charge < -0.3 is 16.4 Å². The van der Waals surface area contributed by atoms with Crippen LogP contribution in [0.5, 0.6) is 0 Å². The maximum absolute atomic E-state index is 11.6. The van der Waals surface area contributed by atoms with Crippen molar-refractivity contribution in [1.29, 1.82) is 0 Å². The molecule has 8 heteroatoms. The summed E-state index contributed by atoms with van der Waals surface area (Å²) in [5.41, 5.74) is 10.8. The van der Waals surface area contributed by atoms with Gasteiger partial charge in [0, 0.05) is 19.2 Å². The number of piperidine rings is 1. The Morgan fingerprint density at radius 3 is 2.95 bits per heavy atom. The molecule has 1 aliphatic heterocycles. The standard InChI is InChI=1S/C13H19N5O3/c14-4-3-9-2-1-5-17(8-9)13-11(12(15)19)6-10(7-16-13)18(20)21/h6-7,9H,1-5,8,14H2,(H2,15,19). The van der Waals surface area contributed by atoms with Crippen molar-refractivity contribution in [3.8, 4) is 0 Å². The molecule has 0 saturated carbocycles. The predicted molar refractivity (Wildman–Crippen MR) is 78.0 cm³/mol. The minimum atomic E-state index is -0.706. The van der Waals surface area contributed by atoms with Gasteiger partial charge in [0.25, 0.3) is 11.6 Å². The molecule has 1 fully saturated rings. The molecule has 1 saturated heterocycles. The van der Waals surface area contributed by atoms with Crippen LogP contribution >= 0.6 is 0 Å². The van der Waals surface area contributed by atoms with Crippen LogP contribution in [0, 0.1) is 16.0 Å². The van der Waals surface area contributed by atoms with E-state index >= 15 is 0 Å². The highest BCUT2D eigenvalue weighted by Gasteiger charge is 2.25. The maximum Gasteiger partial charge on any atom is 0.288 e. The van der Waals surface area contributed by atoms with Crippen LogP contribution in [0.15, 0.2) is 12.3 Å². The summed E-state index contributed by atoms with van der Waals surface area (Å²) in [6.07, 6.45) is 4.14. The fraction of sp³-hybridized carbons (Fsp3) is 0.538. The average Bonchev–Trinajstić information content (AvgIpc) is 2.47. The van der Waals surface area contributed by atoms with E-state index in [9.17, 15) is 14.9 Å². The first kappa shape index (κ1) is 15.2. The van der Waals surface area contributed by atoms with Crippen LogP contribution < -0.4 is 16.4 Å². The molecular formula is C13H19N5O3. The minimum absolute atomic E-state index is 0.0950. The molecule has 1 aromatic heterocycles. The number of aromatic nitrogens is 1. The number of carbonyl (C=O) groups excluding carboxylic acids is 1. The van der Waals surface area contributed by atoms with Crippen LogP contribution in [0.2, 0.25) is 0 Å². The van der Waals surface area contributed by atoms with Gasteiger partial charge in [-0.2, -0.15) is 0 Å². The van der Waals surface area contributed by atoms with Crippen molar-refractivity contribution in [2.24, 2.45) is 17.4 Å². The number of nitrogens with zero attached hydrogens (tertiary/aromatic N) is 3. The van der Waals surface area contributed by atoms with Gasteiger partial charge in [0.05, 0.1) is 10.5 Å². The molecule has 1 atom stereocenters. The van der Waals surface area contributed by atoms with Crippen molar-refractivity contribution < 1.29 is 9.72 Å². The summed E-state index contributed by atoms with van der Waals surface area (Å²) in [7, 11) is 0. The van der Waals surface area contributed by atoms with Crippen molar-refractivity contribution >= 4 is 17.4 Å². The monoisotopic (exact) mass is 293 g/mol. The number of amides is 1. The van der Waals surface area contributed by atoms with E-state index in [0.717, 1.165) is 38.5 Å². The fourth-order valence-corrected chi connectivity index (χ4v) is 2.71. The first-order valence-electron chi connectivity index (χ1n) is 6.92.